The summed E-state index contributed by atoms with van der Waals surface area (Å²) in [6, 6.07) is 15.7. The minimum absolute atomic E-state index is 0.0965. The van der Waals surface area contributed by atoms with Gasteiger partial charge in [0.1, 0.15) is 23.7 Å². The van der Waals surface area contributed by atoms with Crippen molar-refractivity contribution in [1.82, 2.24) is 0 Å². The van der Waals surface area contributed by atoms with Crippen molar-refractivity contribution in [2.75, 3.05) is 14.2 Å². The first-order chi connectivity index (χ1) is 15.6. The number of benzene rings is 2. The Hall–Kier alpha value is -2.12. The van der Waals surface area contributed by atoms with Crippen LogP contribution in [-0.4, -0.2) is 48.8 Å². The van der Waals surface area contributed by atoms with Crippen LogP contribution in [0.4, 0.5) is 0 Å². The van der Waals surface area contributed by atoms with Gasteiger partial charge in [-0.3, -0.25) is 0 Å². The maximum atomic E-state index is 11.0. The molecule has 6 heteroatoms. The summed E-state index contributed by atoms with van der Waals surface area (Å²) in [6.45, 7) is 0. The van der Waals surface area contributed by atoms with E-state index in [2.05, 4.69) is 0 Å². The Balaban J connectivity index is 1.37. The van der Waals surface area contributed by atoms with Crippen LogP contribution in [0.5, 0.6) is 11.5 Å². The van der Waals surface area contributed by atoms with Crippen molar-refractivity contribution in [3.8, 4) is 11.5 Å². The van der Waals surface area contributed by atoms with E-state index in [-0.39, 0.29) is 12.2 Å². The molecular formula is C26H34O6. The summed E-state index contributed by atoms with van der Waals surface area (Å²) in [4.78, 5) is 0. The first-order valence-electron chi connectivity index (χ1n) is 11.5. The first kappa shape index (κ1) is 23.1. The van der Waals surface area contributed by atoms with Crippen LogP contribution >= 0.6 is 0 Å². The standard InChI is InChI=1S/C26H34O6/c1-29-19-13-9-17(10-14-19)21-5-3-7-23(31-21)25(27)26(28)24-8-4-6-22(32-24)18-11-15-20(30-2)16-12-18/h9-16,21-28H,3-8H2,1-2H3/t21-,22-,23+,24+,25-,26-/m0/s1. The average Bonchev–Trinajstić information content (AvgIpc) is 2.88. The van der Waals surface area contributed by atoms with Crippen LogP contribution in [0.25, 0.3) is 0 Å². The largest absolute Gasteiger partial charge is 0.497 e. The molecule has 2 fully saturated rings. The smallest absolute Gasteiger partial charge is 0.118 e. The van der Waals surface area contributed by atoms with Crippen LogP contribution < -0.4 is 9.47 Å². The van der Waals surface area contributed by atoms with Gasteiger partial charge in [-0.05, 0) is 73.9 Å². The Kier molecular flexibility index (Phi) is 7.68. The fourth-order valence-corrected chi connectivity index (χ4v) is 4.77. The summed E-state index contributed by atoms with van der Waals surface area (Å²) in [5, 5.41) is 22.0. The predicted octanol–water partition coefficient (Wildman–Crippen LogP) is 4.35. The predicted molar refractivity (Wildman–Crippen MR) is 121 cm³/mol. The van der Waals surface area contributed by atoms with E-state index in [1.165, 1.54) is 0 Å². The first-order valence-corrected chi connectivity index (χ1v) is 11.5. The van der Waals surface area contributed by atoms with Gasteiger partial charge < -0.3 is 29.2 Å². The third kappa shape index (κ3) is 5.26. The van der Waals surface area contributed by atoms with Crippen LogP contribution in [0.15, 0.2) is 48.5 Å². The molecule has 2 aromatic rings. The zero-order valence-electron chi connectivity index (χ0n) is 18.9. The molecule has 32 heavy (non-hydrogen) atoms. The average molecular weight is 443 g/mol. The fourth-order valence-electron chi connectivity index (χ4n) is 4.77. The maximum absolute atomic E-state index is 11.0. The third-order valence-corrected chi connectivity index (χ3v) is 6.67. The van der Waals surface area contributed by atoms with Gasteiger partial charge in [-0.2, -0.15) is 0 Å². The summed E-state index contributed by atoms with van der Waals surface area (Å²) < 4.78 is 22.9. The molecule has 0 unspecified atom stereocenters. The molecule has 0 bridgehead atoms. The minimum Gasteiger partial charge on any atom is -0.497 e. The van der Waals surface area contributed by atoms with Crippen molar-refractivity contribution in [3.63, 3.8) is 0 Å². The van der Waals surface area contributed by atoms with Gasteiger partial charge in [-0.25, -0.2) is 0 Å². The van der Waals surface area contributed by atoms with Gasteiger partial charge in [0.05, 0.1) is 38.6 Å². The van der Waals surface area contributed by atoms with Crippen LogP contribution in [0.3, 0.4) is 0 Å². The highest BCUT2D eigenvalue weighted by atomic mass is 16.5. The summed E-state index contributed by atoms with van der Waals surface area (Å²) in [5.74, 6) is 1.61. The summed E-state index contributed by atoms with van der Waals surface area (Å²) in [6.07, 6.45) is 2.09. The molecule has 0 spiro atoms. The molecule has 6 atom stereocenters. The lowest BCUT2D eigenvalue weighted by Gasteiger charge is -2.39. The molecule has 2 heterocycles. The molecule has 0 saturated carbocycles. The second kappa shape index (κ2) is 10.7. The third-order valence-electron chi connectivity index (χ3n) is 6.67. The van der Waals surface area contributed by atoms with E-state index in [0.717, 1.165) is 61.2 Å². The molecular weight excluding hydrogens is 408 g/mol. The number of aliphatic hydroxyl groups excluding tert-OH is 2. The van der Waals surface area contributed by atoms with Crippen LogP contribution in [0, 0.1) is 0 Å². The van der Waals surface area contributed by atoms with E-state index < -0.39 is 24.4 Å². The summed E-state index contributed by atoms with van der Waals surface area (Å²) in [7, 11) is 3.29. The lowest BCUT2D eigenvalue weighted by atomic mass is 9.90. The second-order valence-corrected chi connectivity index (χ2v) is 8.72. The fraction of sp³-hybridized carbons (Fsp3) is 0.538. The Morgan fingerprint density at radius 2 is 1.03 bits per heavy atom. The van der Waals surface area contributed by atoms with Gasteiger partial charge in [0.15, 0.2) is 0 Å². The number of hydrogen-bond acceptors (Lipinski definition) is 6. The summed E-state index contributed by atoms with van der Waals surface area (Å²) >= 11 is 0. The SMILES string of the molecule is COc1ccc([C@@H]2CCC[C@H]([C@H](O)[C@@H](O)[C@H]3CCC[C@@H](c4ccc(OC)cc4)O3)O2)cc1. The number of ether oxygens (including phenoxy) is 4. The van der Waals surface area contributed by atoms with Gasteiger partial charge in [-0.1, -0.05) is 24.3 Å². The topological polar surface area (TPSA) is 77.4 Å². The van der Waals surface area contributed by atoms with Crippen molar-refractivity contribution in [2.45, 2.75) is 75.1 Å². The zero-order chi connectivity index (χ0) is 22.5. The highest BCUT2D eigenvalue weighted by Gasteiger charge is 2.39. The molecule has 4 rings (SSSR count). The van der Waals surface area contributed by atoms with Gasteiger partial charge >= 0.3 is 0 Å². The highest BCUT2D eigenvalue weighted by molar-refractivity contribution is 5.29. The molecule has 2 aliphatic rings. The molecule has 6 nitrogen and oxygen atoms in total. The van der Waals surface area contributed by atoms with E-state index >= 15 is 0 Å². The second-order valence-electron chi connectivity index (χ2n) is 8.72. The van der Waals surface area contributed by atoms with Crippen molar-refractivity contribution in [1.29, 1.82) is 0 Å². The zero-order valence-corrected chi connectivity index (χ0v) is 18.9. The van der Waals surface area contributed by atoms with Gasteiger partial charge in [0.25, 0.3) is 0 Å². The molecule has 2 N–H and O–H groups in total. The Morgan fingerprint density at radius 3 is 1.38 bits per heavy atom. The molecule has 0 aromatic heterocycles. The lowest BCUT2D eigenvalue weighted by molar-refractivity contribution is -0.183. The van der Waals surface area contributed by atoms with Gasteiger partial charge in [0.2, 0.25) is 0 Å². The maximum Gasteiger partial charge on any atom is 0.118 e. The molecule has 174 valence electrons. The van der Waals surface area contributed by atoms with Gasteiger partial charge in [-0.15, -0.1) is 0 Å². The Bertz CT molecular complexity index is 765. The number of aliphatic hydroxyl groups is 2. The van der Waals surface area contributed by atoms with E-state index in [1.807, 2.05) is 48.5 Å². The Labute approximate surface area is 190 Å². The molecule has 2 aromatic carbocycles. The minimum atomic E-state index is -0.990. The molecule has 0 amide bonds. The van der Waals surface area contributed by atoms with E-state index in [4.69, 9.17) is 18.9 Å². The van der Waals surface area contributed by atoms with Crippen LogP contribution in [0.2, 0.25) is 0 Å². The quantitative estimate of drug-likeness (QED) is 0.664. The Morgan fingerprint density at radius 1 is 0.656 bits per heavy atom. The normalized spacial score (nSPS) is 28.0. The van der Waals surface area contributed by atoms with Crippen molar-refractivity contribution >= 4 is 0 Å². The van der Waals surface area contributed by atoms with E-state index in [0.29, 0.717) is 0 Å². The van der Waals surface area contributed by atoms with E-state index in [9.17, 15) is 10.2 Å². The monoisotopic (exact) mass is 442 g/mol. The molecule has 2 aliphatic heterocycles. The summed E-state index contributed by atoms with van der Waals surface area (Å²) in [5.41, 5.74) is 2.12. The molecule has 0 radical (unpaired) electrons. The van der Waals surface area contributed by atoms with Gasteiger partial charge in [0, 0.05) is 0 Å². The van der Waals surface area contributed by atoms with Crippen molar-refractivity contribution in [2.24, 2.45) is 0 Å². The molecule has 0 aliphatic carbocycles. The van der Waals surface area contributed by atoms with Crippen LogP contribution in [0.1, 0.15) is 61.9 Å². The molecule has 2 saturated heterocycles. The van der Waals surface area contributed by atoms with E-state index in [1.54, 1.807) is 14.2 Å². The number of hydrogen-bond donors (Lipinski definition) is 2. The van der Waals surface area contributed by atoms with Crippen molar-refractivity contribution in [3.05, 3.63) is 59.7 Å². The highest BCUT2D eigenvalue weighted by Crippen LogP contribution is 2.37. The number of rotatable bonds is 7. The number of methoxy groups -OCH3 is 2. The van der Waals surface area contributed by atoms with Crippen molar-refractivity contribution < 1.29 is 29.2 Å². The lowest BCUT2D eigenvalue weighted by Crippen LogP contribution is -2.48. The van der Waals surface area contributed by atoms with Crippen LogP contribution in [-0.2, 0) is 9.47 Å².